The van der Waals surface area contributed by atoms with Crippen LogP contribution in [0, 0.1) is 0 Å². The molecule has 140 valence electrons. The molecule has 0 bridgehead atoms. The zero-order chi connectivity index (χ0) is 18.6. The largest absolute Gasteiger partial charge is 0.497 e. The first-order valence-electron chi connectivity index (χ1n) is 9.00. The lowest BCUT2D eigenvalue weighted by atomic mass is 10.2. The molecule has 2 aromatic heterocycles. The second kappa shape index (κ2) is 7.92. The molecule has 3 aromatic rings. The van der Waals surface area contributed by atoms with Gasteiger partial charge in [-0.25, -0.2) is 0 Å². The van der Waals surface area contributed by atoms with Gasteiger partial charge in [0.2, 0.25) is 17.6 Å². The zero-order valence-electron chi connectivity index (χ0n) is 15.1. The third-order valence-electron chi connectivity index (χ3n) is 4.62. The highest BCUT2D eigenvalue weighted by Crippen LogP contribution is 2.29. The molecular weight excluding hydrogens is 362 g/mol. The number of methoxy groups -OCH3 is 1. The van der Waals surface area contributed by atoms with E-state index in [1.165, 1.54) is 0 Å². The van der Waals surface area contributed by atoms with Crippen molar-refractivity contribution in [1.82, 2.24) is 15.0 Å². The summed E-state index contributed by atoms with van der Waals surface area (Å²) in [5.41, 5.74) is 2.05. The summed E-state index contributed by atoms with van der Waals surface area (Å²) in [6.45, 7) is 0.623. The summed E-state index contributed by atoms with van der Waals surface area (Å²) in [6.07, 6.45) is 2.98. The van der Waals surface area contributed by atoms with E-state index in [0.29, 0.717) is 37.1 Å². The maximum absolute atomic E-state index is 12.8. The molecule has 0 aliphatic heterocycles. The topological polar surface area (TPSA) is 68.5 Å². The first-order chi connectivity index (χ1) is 13.2. The highest BCUT2D eigenvalue weighted by Gasteiger charge is 2.32. The number of benzene rings is 1. The maximum atomic E-state index is 12.8. The molecule has 6 nitrogen and oxygen atoms in total. The van der Waals surface area contributed by atoms with E-state index < -0.39 is 0 Å². The molecule has 7 heteroatoms. The van der Waals surface area contributed by atoms with E-state index in [2.05, 4.69) is 10.1 Å². The highest BCUT2D eigenvalue weighted by molar-refractivity contribution is 7.08. The Labute approximate surface area is 161 Å². The van der Waals surface area contributed by atoms with E-state index in [9.17, 15) is 4.79 Å². The molecule has 0 N–H and O–H groups in total. The Morgan fingerprint density at radius 1 is 1.30 bits per heavy atom. The number of rotatable bonds is 8. The molecule has 0 atom stereocenters. The van der Waals surface area contributed by atoms with Gasteiger partial charge in [0.25, 0.3) is 0 Å². The molecule has 1 fully saturated rings. The molecule has 1 amide bonds. The number of thiophene rings is 1. The summed E-state index contributed by atoms with van der Waals surface area (Å²) in [7, 11) is 1.65. The molecule has 2 heterocycles. The van der Waals surface area contributed by atoms with Gasteiger partial charge >= 0.3 is 0 Å². The van der Waals surface area contributed by atoms with E-state index in [1.807, 2.05) is 46.0 Å². The fourth-order valence-electron chi connectivity index (χ4n) is 2.96. The smallest absolute Gasteiger partial charge is 0.227 e. The van der Waals surface area contributed by atoms with Gasteiger partial charge in [-0.15, -0.1) is 0 Å². The Kier molecular flexibility index (Phi) is 5.20. The van der Waals surface area contributed by atoms with Crippen molar-refractivity contribution in [3.8, 4) is 17.1 Å². The van der Waals surface area contributed by atoms with Gasteiger partial charge in [-0.3, -0.25) is 4.79 Å². The summed E-state index contributed by atoms with van der Waals surface area (Å²) in [6, 6.07) is 10.2. The van der Waals surface area contributed by atoms with Crippen molar-refractivity contribution < 1.29 is 14.1 Å². The number of hydrogen-bond donors (Lipinski definition) is 0. The molecule has 0 saturated heterocycles. The highest BCUT2D eigenvalue weighted by atomic mass is 32.1. The third kappa shape index (κ3) is 4.36. The van der Waals surface area contributed by atoms with Crippen LogP contribution in [0.5, 0.6) is 5.75 Å². The van der Waals surface area contributed by atoms with Crippen molar-refractivity contribution in [2.24, 2.45) is 0 Å². The van der Waals surface area contributed by atoms with Crippen molar-refractivity contribution in [3.05, 3.63) is 52.5 Å². The Morgan fingerprint density at radius 3 is 2.78 bits per heavy atom. The van der Waals surface area contributed by atoms with Crippen LogP contribution in [-0.2, 0) is 17.8 Å². The van der Waals surface area contributed by atoms with Gasteiger partial charge in [-0.05, 0) is 42.0 Å². The fraction of sp³-hybridized carbons (Fsp3) is 0.350. The lowest BCUT2D eigenvalue weighted by molar-refractivity contribution is -0.132. The Balaban J connectivity index is 1.36. The quantitative estimate of drug-likeness (QED) is 0.589. The number of ether oxygens (including phenoxy) is 1. The molecule has 0 radical (unpaired) electrons. The summed E-state index contributed by atoms with van der Waals surface area (Å²) in [5.74, 6) is 2.03. The van der Waals surface area contributed by atoms with Crippen LogP contribution in [0.25, 0.3) is 11.4 Å². The minimum atomic E-state index is 0.128. The number of carbonyl (C=O) groups excluding carboxylic acids is 1. The Hall–Kier alpha value is -2.67. The van der Waals surface area contributed by atoms with Crippen LogP contribution in [0.4, 0.5) is 0 Å². The van der Waals surface area contributed by atoms with Gasteiger partial charge in [0.15, 0.2) is 0 Å². The number of nitrogens with zero attached hydrogens (tertiary/aromatic N) is 3. The number of aromatic nitrogens is 2. The van der Waals surface area contributed by atoms with Gasteiger partial charge < -0.3 is 14.2 Å². The van der Waals surface area contributed by atoms with Crippen molar-refractivity contribution in [2.75, 3.05) is 7.11 Å². The standard InChI is InChI=1S/C20H21N3O3S/c1-25-17-6-2-14(3-7-17)12-23(16-4-5-16)19(24)9-8-18-21-20(22-26-18)15-10-11-27-13-15/h2-3,6-7,10-11,13,16H,4-5,8-9,12H2,1H3. The van der Waals surface area contributed by atoms with Crippen molar-refractivity contribution in [1.29, 1.82) is 0 Å². The molecule has 1 saturated carbocycles. The third-order valence-corrected chi connectivity index (χ3v) is 5.30. The molecule has 1 aromatic carbocycles. The second-order valence-electron chi connectivity index (χ2n) is 6.62. The van der Waals surface area contributed by atoms with Crippen LogP contribution >= 0.6 is 11.3 Å². The van der Waals surface area contributed by atoms with Gasteiger partial charge in [-0.2, -0.15) is 16.3 Å². The SMILES string of the molecule is COc1ccc(CN(C(=O)CCc2nc(-c3ccsc3)no2)C2CC2)cc1. The minimum Gasteiger partial charge on any atom is -0.497 e. The van der Waals surface area contributed by atoms with Crippen LogP contribution in [-0.4, -0.2) is 34.1 Å². The van der Waals surface area contributed by atoms with E-state index in [-0.39, 0.29) is 5.91 Å². The van der Waals surface area contributed by atoms with Gasteiger partial charge in [0, 0.05) is 36.4 Å². The van der Waals surface area contributed by atoms with Crippen LogP contribution in [0.1, 0.15) is 30.7 Å². The number of carbonyl (C=O) groups is 1. The number of amides is 1. The van der Waals surface area contributed by atoms with E-state index in [0.717, 1.165) is 29.7 Å². The molecular formula is C20H21N3O3S. The maximum Gasteiger partial charge on any atom is 0.227 e. The van der Waals surface area contributed by atoms with Crippen LogP contribution in [0.3, 0.4) is 0 Å². The van der Waals surface area contributed by atoms with Crippen LogP contribution < -0.4 is 4.74 Å². The van der Waals surface area contributed by atoms with Crippen LogP contribution in [0.15, 0.2) is 45.6 Å². The van der Waals surface area contributed by atoms with Crippen molar-refractivity contribution in [2.45, 2.75) is 38.3 Å². The van der Waals surface area contributed by atoms with Gasteiger partial charge in [0.05, 0.1) is 7.11 Å². The molecule has 0 unspecified atom stereocenters. The van der Waals surface area contributed by atoms with E-state index in [1.54, 1.807) is 18.4 Å². The van der Waals surface area contributed by atoms with Gasteiger partial charge in [0.1, 0.15) is 5.75 Å². The molecule has 27 heavy (non-hydrogen) atoms. The first kappa shape index (κ1) is 17.7. The number of hydrogen-bond acceptors (Lipinski definition) is 6. The average Bonchev–Trinajstić information content (AvgIpc) is 3.19. The molecule has 1 aliphatic rings. The molecule has 0 spiro atoms. The van der Waals surface area contributed by atoms with Crippen molar-refractivity contribution >= 4 is 17.2 Å². The predicted octanol–water partition coefficient (Wildman–Crippen LogP) is 3.93. The average molecular weight is 383 g/mol. The van der Waals surface area contributed by atoms with E-state index >= 15 is 0 Å². The monoisotopic (exact) mass is 383 g/mol. The Morgan fingerprint density at radius 2 is 2.11 bits per heavy atom. The Bertz CT molecular complexity index is 886. The lowest BCUT2D eigenvalue weighted by Gasteiger charge is -2.22. The van der Waals surface area contributed by atoms with E-state index in [4.69, 9.17) is 9.26 Å². The molecule has 4 rings (SSSR count). The molecule has 1 aliphatic carbocycles. The summed E-state index contributed by atoms with van der Waals surface area (Å²) >= 11 is 1.59. The van der Waals surface area contributed by atoms with Gasteiger partial charge in [-0.1, -0.05) is 17.3 Å². The fourth-order valence-corrected chi connectivity index (χ4v) is 3.59. The number of aryl methyl sites for hydroxylation is 1. The normalized spacial score (nSPS) is 13.5. The lowest BCUT2D eigenvalue weighted by Crippen LogP contribution is -2.32. The summed E-state index contributed by atoms with van der Waals surface area (Å²) in [5, 5.41) is 7.95. The second-order valence-corrected chi connectivity index (χ2v) is 7.40. The first-order valence-corrected chi connectivity index (χ1v) is 9.95. The summed E-state index contributed by atoms with van der Waals surface area (Å²) in [4.78, 5) is 19.1. The zero-order valence-corrected chi connectivity index (χ0v) is 15.9. The predicted molar refractivity (Wildman–Crippen MR) is 102 cm³/mol. The summed E-state index contributed by atoms with van der Waals surface area (Å²) < 4.78 is 10.5. The van der Waals surface area contributed by atoms with Crippen molar-refractivity contribution in [3.63, 3.8) is 0 Å². The minimum absolute atomic E-state index is 0.128. The van der Waals surface area contributed by atoms with Crippen LogP contribution in [0.2, 0.25) is 0 Å².